The van der Waals surface area contributed by atoms with Crippen LogP contribution in [0.25, 0.3) is 0 Å². The minimum Gasteiger partial charge on any atom is -0.371 e. The van der Waals surface area contributed by atoms with Crippen molar-refractivity contribution in [2.75, 3.05) is 11.4 Å². The standard InChI is InChI=1S/C19H21F2N3O4/c1-8(2)14-15-19(16(25)22-18(27)23-17(19)26)6-10-4-11(20)5-12(21)13(10)24(15)7-9(3)28-14/h4-5,8-9,14-15H,6-7H2,1-3H3,(H2,22,23,25,26,27)/t9-,14?,15-/m1/s1. The van der Waals surface area contributed by atoms with Crippen LogP contribution in [0.4, 0.5) is 19.3 Å². The Morgan fingerprint density at radius 2 is 1.82 bits per heavy atom. The number of fused-ring (bicyclic) bond motifs is 4. The summed E-state index contributed by atoms with van der Waals surface area (Å²) in [6.07, 6.45) is -1.11. The van der Waals surface area contributed by atoms with Crippen molar-refractivity contribution in [2.24, 2.45) is 11.3 Å². The zero-order chi connectivity index (χ0) is 20.4. The highest BCUT2D eigenvalue weighted by Gasteiger charge is 2.64. The van der Waals surface area contributed by atoms with E-state index in [4.69, 9.17) is 4.74 Å². The van der Waals surface area contributed by atoms with Gasteiger partial charge in [0, 0.05) is 19.0 Å². The predicted molar refractivity (Wildman–Crippen MR) is 94.5 cm³/mol. The fourth-order valence-electron chi connectivity index (χ4n) is 4.73. The van der Waals surface area contributed by atoms with Crippen LogP contribution >= 0.6 is 0 Å². The van der Waals surface area contributed by atoms with E-state index >= 15 is 0 Å². The number of rotatable bonds is 1. The number of amides is 4. The van der Waals surface area contributed by atoms with Gasteiger partial charge in [-0.1, -0.05) is 13.8 Å². The quantitative estimate of drug-likeness (QED) is 0.706. The first-order valence-corrected chi connectivity index (χ1v) is 9.22. The smallest absolute Gasteiger partial charge is 0.328 e. The maximum Gasteiger partial charge on any atom is 0.328 e. The average Bonchev–Trinajstić information content (AvgIpc) is 2.57. The molecule has 4 rings (SSSR count). The lowest BCUT2D eigenvalue weighted by Gasteiger charge is -2.56. The Kier molecular flexibility index (Phi) is 4.18. The zero-order valence-corrected chi connectivity index (χ0v) is 15.7. The molecule has 7 nitrogen and oxygen atoms in total. The van der Waals surface area contributed by atoms with Crippen molar-refractivity contribution >= 4 is 23.5 Å². The number of urea groups is 1. The van der Waals surface area contributed by atoms with Gasteiger partial charge in [0.1, 0.15) is 11.6 Å². The second-order valence-electron chi connectivity index (χ2n) is 8.03. The lowest BCUT2D eigenvalue weighted by molar-refractivity contribution is -0.156. The van der Waals surface area contributed by atoms with Crippen molar-refractivity contribution < 1.29 is 27.9 Å². The highest BCUT2D eigenvalue weighted by atomic mass is 19.1. The van der Waals surface area contributed by atoms with Gasteiger partial charge in [-0.25, -0.2) is 13.6 Å². The molecule has 1 unspecified atom stereocenters. The molecule has 0 bridgehead atoms. The van der Waals surface area contributed by atoms with Crippen molar-refractivity contribution in [3.8, 4) is 0 Å². The summed E-state index contributed by atoms with van der Waals surface area (Å²) in [5, 5.41) is 4.31. The van der Waals surface area contributed by atoms with Crippen LogP contribution in [0.2, 0.25) is 0 Å². The van der Waals surface area contributed by atoms with Gasteiger partial charge < -0.3 is 9.64 Å². The summed E-state index contributed by atoms with van der Waals surface area (Å²) in [5.74, 6) is -3.21. The van der Waals surface area contributed by atoms with Crippen LogP contribution in [0.5, 0.6) is 0 Å². The fourth-order valence-corrected chi connectivity index (χ4v) is 4.73. The highest BCUT2D eigenvalue weighted by Crippen LogP contribution is 2.48. The lowest BCUT2D eigenvalue weighted by Crippen LogP contribution is -2.76. The molecule has 2 N–H and O–H groups in total. The predicted octanol–water partition coefficient (Wildman–Crippen LogP) is 1.49. The Hall–Kier alpha value is -2.55. The van der Waals surface area contributed by atoms with E-state index in [0.717, 1.165) is 12.1 Å². The number of carbonyl (C=O) groups is 3. The van der Waals surface area contributed by atoms with Gasteiger partial charge in [-0.2, -0.15) is 0 Å². The molecular weight excluding hydrogens is 372 g/mol. The van der Waals surface area contributed by atoms with E-state index in [1.165, 1.54) is 0 Å². The van der Waals surface area contributed by atoms with Crippen LogP contribution in [0.1, 0.15) is 26.3 Å². The molecule has 1 spiro atoms. The molecule has 1 aromatic rings. The highest BCUT2D eigenvalue weighted by molar-refractivity contribution is 6.20. The molecule has 4 amide bonds. The molecule has 0 saturated carbocycles. The third-order valence-corrected chi connectivity index (χ3v) is 5.78. The maximum absolute atomic E-state index is 14.8. The van der Waals surface area contributed by atoms with Crippen LogP contribution < -0.4 is 15.5 Å². The van der Waals surface area contributed by atoms with Crippen LogP contribution in [0, 0.1) is 23.0 Å². The second kappa shape index (κ2) is 6.23. The molecule has 0 aromatic heterocycles. The van der Waals surface area contributed by atoms with Gasteiger partial charge in [-0.3, -0.25) is 20.2 Å². The van der Waals surface area contributed by atoms with Crippen molar-refractivity contribution in [2.45, 2.75) is 45.4 Å². The number of barbiturate groups is 1. The van der Waals surface area contributed by atoms with Crippen LogP contribution in [0.15, 0.2) is 12.1 Å². The third kappa shape index (κ3) is 2.52. The van der Waals surface area contributed by atoms with Gasteiger partial charge in [-0.15, -0.1) is 0 Å². The minimum absolute atomic E-state index is 0.101. The number of anilines is 1. The molecule has 3 atom stereocenters. The van der Waals surface area contributed by atoms with Crippen LogP contribution in [-0.4, -0.2) is 42.6 Å². The summed E-state index contributed by atoms with van der Waals surface area (Å²) in [6, 6.07) is 0.180. The number of nitrogens with one attached hydrogen (secondary N) is 2. The van der Waals surface area contributed by atoms with Crippen LogP contribution in [0.3, 0.4) is 0 Å². The number of ether oxygens (including phenoxy) is 1. The SMILES string of the molecule is CC(C)C1O[C@H](C)CN2c3c(F)cc(F)cc3CC3(C(=O)NC(=O)NC3=O)[C@@H]12. The summed E-state index contributed by atoms with van der Waals surface area (Å²) in [7, 11) is 0. The molecule has 150 valence electrons. The van der Waals surface area contributed by atoms with Gasteiger partial charge >= 0.3 is 6.03 Å². The van der Waals surface area contributed by atoms with E-state index in [1.807, 2.05) is 20.8 Å². The van der Waals surface area contributed by atoms with E-state index in [2.05, 4.69) is 10.6 Å². The Balaban J connectivity index is 1.97. The van der Waals surface area contributed by atoms with Crippen LogP contribution in [-0.2, 0) is 20.7 Å². The van der Waals surface area contributed by atoms with Crippen molar-refractivity contribution in [1.29, 1.82) is 0 Å². The first-order chi connectivity index (χ1) is 13.1. The molecule has 3 aliphatic rings. The molecule has 3 aliphatic heterocycles. The number of nitrogens with zero attached hydrogens (tertiary/aromatic N) is 1. The summed E-state index contributed by atoms with van der Waals surface area (Å²) in [5.41, 5.74) is -1.35. The van der Waals surface area contributed by atoms with E-state index in [1.54, 1.807) is 4.90 Å². The van der Waals surface area contributed by atoms with Gasteiger partial charge in [-0.05, 0) is 24.5 Å². The average molecular weight is 393 g/mol. The van der Waals surface area contributed by atoms with E-state index in [9.17, 15) is 23.2 Å². The van der Waals surface area contributed by atoms with Crippen molar-refractivity contribution in [3.05, 3.63) is 29.3 Å². The first kappa shape index (κ1) is 18.8. The number of halogens is 2. The fraction of sp³-hybridized carbons (Fsp3) is 0.526. The van der Waals surface area contributed by atoms with Crippen molar-refractivity contribution in [3.63, 3.8) is 0 Å². The number of hydrogen-bond acceptors (Lipinski definition) is 5. The molecule has 0 aliphatic carbocycles. The van der Waals surface area contributed by atoms with Crippen molar-refractivity contribution in [1.82, 2.24) is 10.6 Å². The molecule has 2 fully saturated rings. The molecule has 1 aromatic carbocycles. The van der Waals surface area contributed by atoms with E-state index in [-0.39, 0.29) is 36.2 Å². The third-order valence-electron chi connectivity index (χ3n) is 5.78. The Morgan fingerprint density at radius 1 is 1.18 bits per heavy atom. The summed E-state index contributed by atoms with van der Waals surface area (Å²) in [6.45, 7) is 5.81. The number of imide groups is 2. The van der Waals surface area contributed by atoms with E-state index < -0.39 is 47.0 Å². The zero-order valence-electron chi connectivity index (χ0n) is 15.7. The molecule has 3 heterocycles. The Morgan fingerprint density at radius 3 is 2.43 bits per heavy atom. The number of morpholine rings is 1. The summed E-state index contributed by atoms with van der Waals surface area (Å²) >= 11 is 0. The van der Waals surface area contributed by atoms with Gasteiger partial charge in [0.25, 0.3) is 0 Å². The molecule has 28 heavy (non-hydrogen) atoms. The lowest BCUT2D eigenvalue weighted by atomic mass is 9.65. The van der Waals surface area contributed by atoms with E-state index in [0.29, 0.717) is 0 Å². The number of carbonyl (C=O) groups excluding carboxylic acids is 3. The Labute approximate surface area is 160 Å². The van der Waals surface area contributed by atoms with Gasteiger partial charge in [0.2, 0.25) is 11.8 Å². The molecule has 9 heteroatoms. The summed E-state index contributed by atoms with van der Waals surface area (Å²) in [4.78, 5) is 39.3. The molecule has 2 saturated heterocycles. The topological polar surface area (TPSA) is 87.7 Å². The number of hydrogen-bond donors (Lipinski definition) is 2. The largest absolute Gasteiger partial charge is 0.371 e. The first-order valence-electron chi connectivity index (χ1n) is 9.22. The Bertz CT molecular complexity index is 868. The normalized spacial score (nSPS) is 28.7. The maximum atomic E-state index is 14.8. The molecular formula is C19H21F2N3O4. The number of benzene rings is 1. The van der Waals surface area contributed by atoms with Gasteiger partial charge in [0.15, 0.2) is 5.41 Å². The minimum atomic E-state index is -1.74. The van der Waals surface area contributed by atoms with Gasteiger partial charge in [0.05, 0.1) is 23.9 Å². The molecule has 0 radical (unpaired) electrons. The second-order valence-corrected chi connectivity index (χ2v) is 8.03. The summed E-state index contributed by atoms with van der Waals surface area (Å²) < 4.78 is 34.8. The monoisotopic (exact) mass is 393 g/mol.